The number of sulfone groups is 1. The molecule has 0 aromatic rings. The lowest BCUT2D eigenvalue weighted by Crippen LogP contribution is -2.49. The Morgan fingerprint density at radius 2 is 2.00 bits per heavy atom. The summed E-state index contributed by atoms with van der Waals surface area (Å²) in [7, 11) is 0.589. The van der Waals surface area contributed by atoms with Gasteiger partial charge in [-0.05, 0) is 6.42 Å². The van der Waals surface area contributed by atoms with Gasteiger partial charge in [0, 0.05) is 20.5 Å². The predicted octanol–water partition coefficient (Wildman–Crippen LogP) is -0.111. The second-order valence-corrected chi connectivity index (χ2v) is 6.22. The fourth-order valence-corrected chi connectivity index (χ4v) is 3.58. The van der Waals surface area contributed by atoms with E-state index in [4.69, 9.17) is 0 Å². The van der Waals surface area contributed by atoms with Gasteiger partial charge in [0.25, 0.3) is 0 Å². The van der Waals surface area contributed by atoms with Crippen LogP contribution in [-0.4, -0.2) is 56.0 Å². The second kappa shape index (κ2) is 4.49. The van der Waals surface area contributed by atoms with E-state index in [1.807, 2.05) is 0 Å². The van der Waals surface area contributed by atoms with Gasteiger partial charge < -0.3 is 0 Å². The number of hydrogen-bond acceptors (Lipinski definition) is 4. The van der Waals surface area contributed by atoms with Gasteiger partial charge in [-0.25, -0.2) is 13.4 Å². The Balaban J connectivity index is 2.79. The number of hydrogen-bond donors (Lipinski definition) is 0. The predicted molar refractivity (Wildman–Crippen MR) is 57.9 cm³/mol. The Hall–Kier alpha value is -0.620. The van der Waals surface area contributed by atoms with Crippen LogP contribution in [0.4, 0.5) is 0 Å². The van der Waals surface area contributed by atoms with Gasteiger partial charge in [-0.3, -0.25) is 9.80 Å². The molecule has 1 aliphatic rings. The van der Waals surface area contributed by atoms with Crippen molar-refractivity contribution >= 4 is 15.7 Å². The lowest BCUT2D eigenvalue weighted by molar-refractivity contribution is -0.148. The van der Waals surface area contributed by atoms with Crippen LogP contribution >= 0.6 is 0 Å². The summed E-state index contributed by atoms with van der Waals surface area (Å²) in [5, 5.41) is 3.24. The first-order valence-electron chi connectivity index (χ1n) is 5.07. The van der Waals surface area contributed by atoms with Crippen LogP contribution in [0.25, 0.3) is 0 Å². The number of hydrazine groups is 1. The van der Waals surface area contributed by atoms with Crippen molar-refractivity contribution in [1.82, 2.24) is 10.0 Å². The van der Waals surface area contributed by atoms with Gasteiger partial charge in [-0.15, -0.1) is 0 Å². The van der Waals surface area contributed by atoms with Gasteiger partial charge in [0.15, 0.2) is 9.84 Å². The number of nitrogens with zero attached hydrogens (tertiary/aromatic N) is 2. The van der Waals surface area contributed by atoms with Crippen LogP contribution in [0.1, 0.15) is 19.8 Å². The first-order valence-corrected chi connectivity index (χ1v) is 6.89. The highest BCUT2D eigenvalue weighted by Gasteiger charge is 2.35. The van der Waals surface area contributed by atoms with Gasteiger partial charge in [-0.1, -0.05) is 6.92 Å². The van der Waals surface area contributed by atoms with Crippen molar-refractivity contribution in [2.75, 3.05) is 25.6 Å². The van der Waals surface area contributed by atoms with Gasteiger partial charge in [-0.2, -0.15) is 0 Å². The van der Waals surface area contributed by atoms with Gasteiger partial charge in [0.1, 0.15) is 0 Å². The minimum Gasteiger partial charge on any atom is -0.273 e. The molecule has 1 unspecified atom stereocenters. The van der Waals surface area contributed by atoms with E-state index < -0.39 is 9.84 Å². The molecule has 88 valence electrons. The summed E-state index contributed by atoms with van der Waals surface area (Å²) in [5.74, 6) is 0.262. The van der Waals surface area contributed by atoms with Gasteiger partial charge >= 0.3 is 0 Å². The van der Waals surface area contributed by atoms with Crippen molar-refractivity contribution in [2.45, 2.75) is 25.8 Å². The van der Waals surface area contributed by atoms with E-state index >= 15 is 0 Å². The third-order valence-electron chi connectivity index (χ3n) is 2.54. The van der Waals surface area contributed by atoms with E-state index in [-0.39, 0.29) is 23.5 Å². The smallest absolute Gasteiger partial charge is 0.236 e. The first-order chi connectivity index (χ1) is 6.87. The molecule has 0 aromatic heterocycles. The van der Waals surface area contributed by atoms with Crippen molar-refractivity contribution < 1.29 is 13.2 Å². The molecule has 0 spiro atoms. The number of carbonyl (C=O) groups excluding carboxylic acids is 1. The molecule has 1 saturated heterocycles. The monoisotopic (exact) mass is 234 g/mol. The fourth-order valence-electron chi connectivity index (χ4n) is 1.88. The topological polar surface area (TPSA) is 57.7 Å². The van der Waals surface area contributed by atoms with E-state index in [0.717, 1.165) is 0 Å². The zero-order chi connectivity index (χ0) is 11.6. The van der Waals surface area contributed by atoms with Crippen molar-refractivity contribution in [3.8, 4) is 0 Å². The lowest BCUT2D eigenvalue weighted by Gasteiger charge is -2.33. The van der Waals surface area contributed by atoms with Crippen LogP contribution in [0, 0.1) is 0 Å². The Labute approximate surface area is 90.9 Å². The minimum atomic E-state index is -2.94. The molecule has 0 bridgehead atoms. The zero-order valence-electron chi connectivity index (χ0n) is 9.43. The SMILES string of the molecule is CCC(=O)N(C1CCS(=O)(=O)C1)N(C)C. The van der Waals surface area contributed by atoms with Crippen LogP contribution < -0.4 is 0 Å². The molecule has 0 aliphatic carbocycles. The molecule has 1 aliphatic heterocycles. The summed E-state index contributed by atoms with van der Waals surface area (Å²) >= 11 is 0. The summed E-state index contributed by atoms with van der Waals surface area (Å²) in [6, 6.07) is -0.183. The lowest BCUT2D eigenvalue weighted by atomic mass is 10.2. The highest BCUT2D eigenvalue weighted by atomic mass is 32.2. The van der Waals surface area contributed by atoms with Gasteiger partial charge in [0.2, 0.25) is 5.91 Å². The third-order valence-corrected chi connectivity index (χ3v) is 4.29. The number of amides is 1. The average molecular weight is 234 g/mol. The highest BCUT2D eigenvalue weighted by molar-refractivity contribution is 7.91. The molecular formula is C9H18N2O3S. The molecule has 0 N–H and O–H groups in total. The van der Waals surface area contributed by atoms with Crippen LogP contribution in [-0.2, 0) is 14.6 Å². The third kappa shape index (κ3) is 2.92. The molecule has 0 aromatic carbocycles. The summed E-state index contributed by atoms with van der Waals surface area (Å²) in [5.41, 5.74) is 0. The maximum Gasteiger partial charge on any atom is 0.236 e. The molecule has 0 radical (unpaired) electrons. The molecule has 6 heteroatoms. The Morgan fingerprint density at radius 3 is 2.33 bits per heavy atom. The Morgan fingerprint density at radius 1 is 1.40 bits per heavy atom. The summed E-state index contributed by atoms with van der Waals surface area (Å²) < 4.78 is 22.6. The summed E-state index contributed by atoms with van der Waals surface area (Å²) in [4.78, 5) is 11.6. The van der Waals surface area contributed by atoms with E-state index in [1.54, 1.807) is 31.0 Å². The summed E-state index contributed by atoms with van der Waals surface area (Å²) in [6.45, 7) is 1.78. The number of rotatable bonds is 3. The largest absolute Gasteiger partial charge is 0.273 e. The van der Waals surface area contributed by atoms with E-state index in [2.05, 4.69) is 0 Å². The average Bonchev–Trinajstić information content (AvgIpc) is 2.45. The molecular weight excluding hydrogens is 216 g/mol. The fraction of sp³-hybridized carbons (Fsp3) is 0.889. The maximum absolute atomic E-state index is 11.6. The van der Waals surface area contributed by atoms with E-state index in [1.165, 1.54) is 0 Å². The van der Waals surface area contributed by atoms with Crippen LogP contribution in [0.3, 0.4) is 0 Å². The van der Waals surface area contributed by atoms with E-state index in [0.29, 0.717) is 12.8 Å². The van der Waals surface area contributed by atoms with Crippen molar-refractivity contribution in [1.29, 1.82) is 0 Å². The molecule has 5 nitrogen and oxygen atoms in total. The van der Waals surface area contributed by atoms with Crippen LogP contribution in [0.5, 0.6) is 0 Å². The maximum atomic E-state index is 11.6. The Bertz CT molecular complexity index is 337. The van der Waals surface area contributed by atoms with Crippen LogP contribution in [0.15, 0.2) is 0 Å². The molecule has 15 heavy (non-hydrogen) atoms. The zero-order valence-corrected chi connectivity index (χ0v) is 10.2. The molecule has 1 atom stereocenters. The van der Waals surface area contributed by atoms with Crippen LogP contribution in [0.2, 0.25) is 0 Å². The Kier molecular flexibility index (Phi) is 3.72. The van der Waals surface area contributed by atoms with Crippen molar-refractivity contribution in [3.05, 3.63) is 0 Å². The van der Waals surface area contributed by atoms with Crippen molar-refractivity contribution in [3.63, 3.8) is 0 Å². The molecule has 1 fully saturated rings. The minimum absolute atomic E-state index is 0.0258. The standard InChI is InChI=1S/C9H18N2O3S/c1-4-9(12)11(10(2)3)8-5-6-15(13,14)7-8/h8H,4-7H2,1-3H3. The second-order valence-electron chi connectivity index (χ2n) is 4.00. The summed E-state index contributed by atoms with van der Waals surface area (Å²) in [6.07, 6.45) is 0.945. The molecule has 0 saturated carbocycles. The van der Waals surface area contributed by atoms with Gasteiger partial charge in [0.05, 0.1) is 17.5 Å². The number of carbonyl (C=O) groups is 1. The normalized spacial score (nSPS) is 24.4. The van der Waals surface area contributed by atoms with Crippen molar-refractivity contribution in [2.24, 2.45) is 0 Å². The molecule has 1 amide bonds. The van der Waals surface area contributed by atoms with E-state index in [9.17, 15) is 13.2 Å². The quantitative estimate of drug-likeness (QED) is 0.639. The first kappa shape index (κ1) is 12.4. The molecule has 1 rings (SSSR count). The molecule has 1 heterocycles. The highest BCUT2D eigenvalue weighted by Crippen LogP contribution is 2.19.